The number of nitrogens with one attached hydrogen (secondary N) is 1. The number of nitrogens with zero attached hydrogens (tertiary/aromatic N) is 1. The van der Waals surface area contributed by atoms with Crippen molar-refractivity contribution in [3.8, 4) is 0 Å². The molecule has 5 nitrogen and oxygen atoms in total. The number of benzene rings is 1. The molecule has 6 heteroatoms. The van der Waals surface area contributed by atoms with E-state index in [0.717, 1.165) is 35.9 Å². The van der Waals surface area contributed by atoms with E-state index in [-0.39, 0.29) is 12.7 Å². The summed E-state index contributed by atoms with van der Waals surface area (Å²) in [5, 5.41) is 13.2. The standard InChI is InChI=1S/C15H23ClN2O3/c1-20-6-4-17-9-12-2-3-15(14(16)8-12)18-5-7-21-13(10-18)11-19/h2-3,8,13,17,19H,4-7,9-11H2,1H3. The molecule has 0 saturated carbocycles. The fourth-order valence-corrected chi connectivity index (χ4v) is 2.70. The van der Waals surface area contributed by atoms with E-state index in [1.165, 1.54) is 0 Å². The summed E-state index contributed by atoms with van der Waals surface area (Å²) in [5.41, 5.74) is 2.14. The van der Waals surface area contributed by atoms with Gasteiger partial charge in [-0.3, -0.25) is 0 Å². The van der Waals surface area contributed by atoms with Crippen molar-refractivity contribution in [1.82, 2.24) is 5.32 Å². The molecule has 21 heavy (non-hydrogen) atoms. The Hall–Kier alpha value is -0.850. The molecule has 1 atom stereocenters. The quantitative estimate of drug-likeness (QED) is 0.743. The molecule has 1 aliphatic heterocycles. The van der Waals surface area contributed by atoms with Crippen LogP contribution >= 0.6 is 11.6 Å². The van der Waals surface area contributed by atoms with Crippen molar-refractivity contribution in [2.75, 3.05) is 51.5 Å². The minimum Gasteiger partial charge on any atom is -0.394 e. The van der Waals surface area contributed by atoms with E-state index >= 15 is 0 Å². The SMILES string of the molecule is COCCNCc1ccc(N2CCOC(CO)C2)c(Cl)c1. The van der Waals surface area contributed by atoms with Crippen molar-refractivity contribution in [2.45, 2.75) is 12.6 Å². The van der Waals surface area contributed by atoms with Gasteiger partial charge in [0.2, 0.25) is 0 Å². The zero-order valence-electron chi connectivity index (χ0n) is 12.3. The van der Waals surface area contributed by atoms with E-state index in [4.69, 9.17) is 21.1 Å². The van der Waals surface area contributed by atoms with Crippen LogP contribution in [0.15, 0.2) is 18.2 Å². The Balaban J connectivity index is 1.95. The predicted molar refractivity (Wildman–Crippen MR) is 84.1 cm³/mol. The van der Waals surface area contributed by atoms with E-state index in [9.17, 15) is 5.11 Å². The third kappa shape index (κ3) is 4.83. The minimum atomic E-state index is -0.134. The molecule has 1 aromatic carbocycles. The Kier molecular flexibility index (Phi) is 6.73. The van der Waals surface area contributed by atoms with Gasteiger partial charge in [0.1, 0.15) is 0 Å². The molecule has 2 rings (SSSR count). The number of aliphatic hydroxyl groups excluding tert-OH is 1. The number of rotatable bonds is 7. The van der Waals surface area contributed by atoms with Crippen molar-refractivity contribution in [3.63, 3.8) is 0 Å². The van der Waals surface area contributed by atoms with E-state index in [1.54, 1.807) is 7.11 Å². The Morgan fingerprint density at radius 2 is 2.38 bits per heavy atom. The molecule has 1 fully saturated rings. The number of hydrogen-bond acceptors (Lipinski definition) is 5. The van der Waals surface area contributed by atoms with Gasteiger partial charge in [-0.2, -0.15) is 0 Å². The first-order chi connectivity index (χ1) is 10.2. The van der Waals surface area contributed by atoms with Crippen LogP contribution in [0.4, 0.5) is 5.69 Å². The van der Waals surface area contributed by atoms with E-state index in [0.29, 0.717) is 19.8 Å². The summed E-state index contributed by atoms with van der Waals surface area (Å²) in [6.07, 6.45) is -0.134. The lowest BCUT2D eigenvalue weighted by Crippen LogP contribution is -2.44. The first kappa shape index (κ1) is 16.5. The molecular weight excluding hydrogens is 292 g/mol. The zero-order valence-corrected chi connectivity index (χ0v) is 13.1. The molecule has 1 heterocycles. The highest BCUT2D eigenvalue weighted by atomic mass is 35.5. The van der Waals surface area contributed by atoms with Crippen molar-refractivity contribution in [2.24, 2.45) is 0 Å². The topological polar surface area (TPSA) is 54.0 Å². The minimum absolute atomic E-state index is 0.0373. The second-order valence-corrected chi connectivity index (χ2v) is 5.48. The van der Waals surface area contributed by atoms with Gasteiger partial charge in [-0.05, 0) is 17.7 Å². The number of anilines is 1. The first-order valence-corrected chi connectivity index (χ1v) is 7.58. The molecule has 0 aromatic heterocycles. The average Bonchev–Trinajstić information content (AvgIpc) is 2.52. The molecule has 0 bridgehead atoms. The molecule has 1 saturated heterocycles. The van der Waals surface area contributed by atoms with Gasteiger partial charge in [0, 0.05) is 33.3 Å². The summed E-state index contributed by atoms with van der Waals surface area (Å²) < 4.78 is 10.5. The molecular formula is C15H23ClN2O3. The maximum absolute atomic E-state index is 9.21. The van der Waals surface area contributed by atoms with Crippen molar-refractivity contribution in [1.29, 1.82) is 0 Å². The number of aliphatic hydroxyl groups is 1. The third-order valence-corrected chi connectivity index (χ3v) is 3.81. The largest absolute Gasteiger partial charge is 0.394 e. The van der Waals surface area contributed by atoms with E-state index in [2.05, 4.69) is 16.3 Å². The van der Waals surface area contributed by atoms with Crippen LogP contribution in [0.3, 0.4) is 0 Å². The molecule has 1 unspecified atom stereocenters. The number of hydrogen-bond donors (Lipinski definition) is 2. The van der Waals surface area contributed by atoms with Crippen LogP contribution in [-0.4, -0.2) is 57.8 Å². The zero-order chi connectivity index (χ0) is 15.1. The maximum Gasteiger partial charge on any atom is 0.0980 e. The normalized spacial score (nSPS) is 19.0. The molecule has 0 amide bonds. The summed E-state index contributed by atoms with van der Waals surface area (Å²) >= 11 is 6.40. The first-order valence-electron chi connectivity index (χ1n) is 7.20. The Labute approximate surface area is 130 Å². The number of halogens is 1. The van der Waals surface area contributed by atoms with Gasteiger partial charge in [0.05, 0.1) is 36.6 Å². The molecule has 0 spiro atoms. The van der Waals surface area contributed by atoms with Crippen LogP contribution in [0.25, 0.3) is 0 Å². The monoisotopic (exact) mass is 314 g/mol. The smallest absolute Gasteiger partial charge is 0.0980 e. The van der Waals surface area contributed by atoms with Crippen LogP contribution in [0, 0.1) is 0 Å². The summed E-state index contributed by atoms with van der Waals surface area (Å²) in [4.78, 5) is 2.16. The van der Waals surface area contributed by atoms with Crippen molar-refractivity contribution < 1.29 is 14.6 Å². The lowest BCUT2D eigenvalue weighted by Gasteiger charge is -2.34. The number of morpholine rings is 1. The number of ether oxygens (including phenoxy) is 2. The second-order valence-electron chi connectivity index (χ2n) is 5.08. The predicted octanol–water partition coefficient (Wildman–Crippen LogP) is 1.27. The molecule has 2 N–H and O–H groups in total. The van der Waals surface area contributed by atoms with Gasteiger partial charge in [0.25, 0.3) is 0 Å². The lowest BCUT2D eigenvalue weighted by molar-refractivity contribution is 0.00357. The summed E-state index contributed by atoms with van der Waals surface area (Å²) in [6, 6.07) is 6.10. The maximum atomic E-state index is 9.21. The highest BCUT2D eigenvalue weighted by molar-refractivity contribution is 6.33. The molecule has 1 aromatic rings. The lowest BCUT2D eigenvalue weighted by atomic mass is 10.1. The highest BCUT2D eigenvalue weighted by Crippen LogP contribution is 2.28. The molecule has 0 radical (unpaired) electrons. The van der Waals surface area contributed by atoms with E-state index in [1.807, 2.05) is 12.1 Å². The van der Waals surface area contributed by atoms with Crippen LogP contribution in [0.5, 0.6) is 0 Å². The van der Waals surface area contributed by atoms with E-state index < -0.39 is 0 Å². The highest BCUT2D eigenvalue weighted by Gasteiger charge is 2.21. The summed E-state index contributed by atoms with van der Waals surface area (Å²) in [6.45, 7) is 4.40. The molecule has 1 aliphatic rings. The van der Waals surface area contributed by atoms with Gasteiger partial charge in [-0.25, -0.2) is 0 Å². The summed E-state index contributed by atoms with van der Waals surface area (Å²) in [7, 11) is 1.69. The third-order valence-electron chi connectivity index (χ3n) is 3.51. The van der Waals surface area contributed by atoms with Gasteiger partial charge >= 0.3 is 0 Å². The van der Waals surface area contributed by atoms with Gasteiger partial charge in [-0.15, -0.1) is 0 Å². The van der Waals surface area contributed by atoms with Crippen molar-refractivity contribution in [3.05, 3.63) is 28.8 Å². The average molecular weight is 315 g/mol. The van der Waals surface area contributed by atoms with Gasteiger partial charge in [0.15, 0.2) is 0 Å². The summed E-state index contributed by atoms with van der Waals surface area (Å²) in [5.74, 6) is 0. The van der Waals surface area contributed by atoms with Crippen LogP contribution in [-0.2, 0) is 16.0 Å². The Morgan fingerprint density at radius 1 is 1.52 bits per heavy atom. The Morgan fingerprint density at radius 3 is 3.10 bits per heavy atom. The Bertz CT molecular complexity index is 445. The van der Waals surface area contributed by atoms with Gasteiger partial charge in [-0.1, -0.05) is 17.7 Å². The van der Waals surface area contributed by atoms with Crippen LogP contribution < -0.4 is 10.2 Å². The molecule has 0 aliphatic carbocycles. The second kappa shape index (κ2) is 8.56. The van der Waals surface area contributed by atoms with Crippen LogP contribution in [0.1, 0.15) is 5.56 Å². The van der Waals surface area contributed by atoms with Gasteiger partial charge < -0.3 is 24.8 Å². The van der Waals surface area contributed by atoms with Crippen molar-refractivity contribution >= 4 is 17.3 Å². The molecule has 118 valence electrons. The fourth-order valence-electron chi connectivity index (χ4n) is 2.37. The number of methoxy groups -OCH3 is 1. The van der Waals surface area contributed by atoms with Crippen LogP contribution in [0.2, 0.25) is 5.02 Å². The fraction of sp³-hybridized carbons (Fsp3) is 0.600.